The van der Waals surface area contributed by atoms with E-state index in [1.807, 2.05) is 7.05 Å². The molecule has 0 aromatic heterocycles. The summed E-state index contributed by atoms with van der Waals surface area (Å²) in [6.45, 7) is 6.48. The Hall–Kier alpha value is -1.06. The molecular weight excluding hydrogens is 224 g/mol. The Morgan fingerprint density at radius 1 is 1.44 bits per heavy atom. The van der Waals surface area contributed by atoms with E-state index in [0.717, 1.165) is 25.9 Å². The molecule has 0 radical (unpaired) electrons. The molecule has 2 rings (SSSR count). The van der Waals surface area contributed by atoms with Crippen LogP contribution < -0.4 is 10.2 Å². The van der Waals surface area contributed by atoms with E-state index in [9.17, 15) is 5.11 Å². The van der Waals surface area contributed by atoms with Crippen LogP contribution in [-0.2, 0) is 6.42 Å². The van der Waals surface area contributed by atoms with E-state index in [0.29, 0.717) is 0 Å². The highest BCUT2D eigenvalue weighted by Crippen LogP contribution is 2.32. The Morgan fingerprint density at radius 3 is 2.78 bits per heavy atom. The van der Waals surface area contributed by atoms with Gasteiger partial charge in [-0.15, -0.1) is 0 Å². The van der Waals surface area contributed by atoms with Crippen molar-refractivity contribution < 1.29 is 5.11 Å². The van der Waals surface area contributed by atoms with E-state index < -0.39 is 0 Å². The maximum atomic E-state index is 9.59. The summed E-state index contributed by atoms with van der Waals surface area (Å²) < 4.78 is 0. The van der Waals surface area contributed by atoms with Crippen molar-refractivity contribution in [3.8, 4) is 0 Å². The molecule has 1 unspecified atom stereocenters. The largest absolute Gasteiger partial charge is 0.394 e. The maximum absolute atomic E-state index is 9.59. The topological polar surface area (TPSA) is 35.5 Å². The second kappa shape index (κ2) is 5.29. The molecule has 1 heterocycles. The number of aliphatic hydroxyl groups is 1. The number of para-hydroxylation sites is 1. The molecular formula is C15H24N2O. The van der Waals surface area contributed by atoms with Gasteiger partial charge in [0, 0.05) is 18.8 Å². The van der Waals surface area contributed by atoms with Gasteiger partial charge in [-0.25, -0.2) is 0 Å². The van der Waals surface area contributed by atoms with Gasteiger partial charge in [0.05, 0.1) is 12.1 Å². The van der Waals surface area contributed by atoms with E-state index in [1.165, 1.54) is 16.8 Å². The molecule has 1 aliphatic rings. The monoisotopic (exact) mass is 248 g/mol. The van der Waals surface area contributed by atoms with Gasteiger partial charge in [-0.05, 0) is 37.9 Å². The Kier molecular flexibility index (Phi) is 3.93. The van der Waals surface area contributed by atoms with Gasteiger partial charge in [-0.3, -0.25) is 0 Å². The average Bonchev–Trinajstić information content (AvgIpc) is 2.83. The van der Waals surface area contributed by atoms with Gasteiger partial charge >= 0.3 is 0 Å². The lowest BCUT2D eigenvalue weighted by molar-refractivity contribution is 0.184. The van der Waals surface area contributed by atoms with Crippen LogP contribution in [0.3, 0.4) is 0 Å². The number of aliphatic hydroxyl groups excluding tert-OH is 1. The van der Waals surface area contributed by atoms with E-state index in [-0.39, 0.29) is 12.1 Å². The summed E-state index contributed by atoms with van der Waals surface area (Å²) in [5, 5.41) is 12.9. The number of hydrogen-bond donors (Lipinski definition) is 2. The fraction of sp³-hybridized carbons (Fsp3) is 0.600. The summed E-state index contributed by atoms with van der Waals surface area (Å²) in [5.41, 5.74) is 3.97. The summed E-state index contributed by atoms with van der Waals surface area (Å²) >= 11 is 0. The van der Waals surface area contributed by atoms with Crippen LogP contribution in [0.15, 0.2) is 18.2 Å². The van der Waals surface area contributed by atoms with Crippen LogP contribution in [0.4, 0.5) is 5.69 Å². The lowest BCUT2D eigenvalue weighted by Crippen LogP contribution is -2.48. The highest BCUT2D eigenvalue weighted by Gasteiger charge is 2.37. The van der Waals surface area contributed by atoms with Crippen LogP contribution in [0, 0.1) is 6.92 Å². The van der Waals surface area contributed by atoms with Crippen molar-refractivity contribution >= 4 is 5.69 Å². The van der Waals surface area contributed by atoms with Crippen LogP contribution in [0.5, 0.6) is 0 Å². The van der Waals surface area contributed by atoms with E-state index in [2.05, 4.69) is 42.3 Å². The van der Waals surface area contributed by atoms with E-state index in [4.69, 9.17) is 0 Å². The summed E-state index contributed by atoms with van der Waals surface area (Å²) in [6, 6.07) is 6.51. The van der Waals surface area contributed by atoms with Gasteiger partial charge in [0.1, 0.15) is 0 Å². The molecule has 1 aromatic rings. The van der Waals surface area contributed by atoms with Crippen LogP contribution in [-0.4, -0.2) is 37.4 Å². The second-order valence-electron chi connectivity index (χ2n) is 5.30. The second-order valence-corrected chi connectivity index (χ2v) is 5.30. The van der Waals surface area contributed by atoms with Crippen LogP contribution in [0.25, 0.3) is 0 Å². The zero-order chi connectivity index (χ0) is 13.2. The van der Waals surface area contributed by atoms with Crippen molar-refractivity contribution in [1.29, 1.82) is 0 Å². The smallest absolute Gasteiger partial charge is 0.0631 e. The quantitative estimate of drug-likeness (QED) is 0.851. The highest BCUT2D eigenvalue weighted by atomic mass is 16.3. The standard InChI is InChI=1S/C15H24N2O/c1-4-13-7-5-6-12(2)14(13)17-9-8-15(10-17,11-18)16-3/h5-7,16,18H,4,8-11H2,1-3H3. The number of likely N-dealkylation sites (N-methyl/N-ethyl adjacent to an activating group) is 1. The minimum Gasteiger partial charge on any atom is -0.394 e. The van der Waals surface area contributed by atoms with Gasteiger partial charge < -0.3 is 15.3 Å². The number of hydrogen-bond acceptors (Lipinski definition) is 3. The number of nitrogens with zero attached hydrogens (tertiary/aromatic N) is 1. The summed E-state index contributed by atoms with van der Waals surface area (Å²) in [6.07, 6.45) is 2.05. The number of nitrogens with one attached hydrogen (secondary N) is 1. The molecule has 3 heteroatoms. The molecule has 0 spiro atoms. The molecule has 0 saturated carbocycles. The van der Waals surface area contributed by atoms with Gasteiger partial charge in [0.2, 0.25) is 0 Å². The van der Waals surface area contributed by atoms with Crippen molar-refractivity contribution in [2.45, 2.75) is 32.2 Å². The molecule has 100 valence electrons. The van der Waals surface area contributed by atoms with Crippen LogP contribution in [0.1, 0.15) is 24.5 Å². The molecule has 1 fully saturated rings. The molecule has 1 atom stereocenters. The number of anilines is 1. The normalized spacial score (nSPS) is 23.7. The van der Waals surface area contributed by atoms with Crippen molar-refractivity contribution in [3.05, 3.63) is 29.3 Å². The van der Waals surface area contributed by atoms with Gasteiger partial charge in [-0.2, -0.15) is 0 Å². The van der Waals surface area contributed by atoms with Crippen LogP contribution in [0.2, 0.25) is 0 Å². The van der Waals surface area contributed by atoms with Crippen molar-refractivity contribution in [3.63, 3.8) is 0 Å². The zero-order valence-corrected chi connectivity index (χ0v) is 11.7. The Labute approximate surface area is 110 Å². The van der Waals surface area contributed by atoms with Crippen molar-refractivity contribution in [2.24, 2.45) is 0 Å². The fourth-order valence-corrected chi connectivity index (χ4v) is 2.93. The minimum atomic E-state index is -0.132. The molecule has 1 aromatic carbocycles. The molecule has 3 nitrogen and oxygen atoms in total. The van der Waals surface area contributed by atoms with Crippen molar-refractivity contribution in [1.82, 2.24) is 5.32 Å². The third kappa shape index (κ3) is 2.25. The number of aryl methyl sites for hydroxylation is 2. The Morgan fingerprint density at radius 2 is 2.22 bits per heavy atom. The molecule has 18 heavy (non-hydrogen) atoms. The highest BCUT2D eigenvalue weighted by molar-refractivity contribution is 5.60. The predicted molar refractivity (Wildman–Crippen MR) is 76.3 cm³/mol. The predicted octanol–water partition coefficient (Wildman–Crippen LogP) is 1.72. The first-order valence-corrected chi connectivity index (χ1v) is 6.79. The van der Waals surface area contributed by atoms with Crippen molar-refractivity contribution in [2.75, 3.05) is 31.6 Å². The Balaban J connectivity index is 2.29. The van der Waals surface area contributed by atoms with Gasteiger partial charge in [0.25, 0.3) is 0 Å². The molecule has 0 bridgehead atoms. The molecule has 2 N–H and O–H groups in total. The van der Waals surface area contributed by atoms with Gasteiger partial charge in [0.15, 0.2) is 0 Å². The molecule has 1 aliphatic heterocycles. The first kappa shape index (κ1) is 13.4. The molecule has 0 aliphatic carbocycles. The maximum Gasteiger partial charge on any atom is 0.0631 e. The van der Waals surface area contributed by atoms with E-state index >= 15 is 0 Å². The molecule has 1 saturated heterocycles. The lowest BCUT2D eigenvalue weighted by Gasteiger charge is -2.29. The van der Waals surface area contributed by atoms with Gasteiger partial charge in [-0.1, -0.05) is 25.1 Å². The summed E-state index contributed by atoms with van der Waals surface area (Å²) in [7, 11) is 1.94. The minimum absolute atomic E-state index is 0.132. The lowest BCUT2D eigenvalue weighted by atomic mass is 10.0. The SMILES string of the molecule is CCc1cccc(C)c1N1CCC(CO)(NC)C1. The van der Waals surface area contributed by atoms with E-state index in [1.54, 1.807) is 0 Å². The first-order valence-electron chi connectivity index (χ1n) is 6.79. The molecule has 0 amide bonds. The third-order valence-corrected chi connectivity index (χ3v) is 4.21. The summed E-state index contributed by atoms with van der Waals surface area (Å²) in [4.78, 5) is 2.42. The number of benzene rings is 1. The Bertz CT molecular complexity index is 413. The summed E-state index contributed by atoms with van der Waals surface area (Å²) in [5.74, 6) is 0. The zero-order valence-electron chi connectivity index (χ0n) is 11.7. The number of rotatable bonds is 4. The fourth-order valence-electron chi connectivity index (χ4n) is 2.93. The first-order chi connectivity index (χ1) is 8.65. The van der Waals surface area contributed by atoms with Crippen LogP contribution >= 0.6 is 0 Å². The third-order valence-electron chi connectivity index (χ3n) is 4.21. The average molecular weight is 248 g/mol.